The lowest BCUT2D eigenvalue weighted by Gasteiger charge is -2.10. The molecule has 0 amide bonds. The Morgan fingerprint density at radius 2 is 2.38 bits per heavy atom. The lowest BCUT2D eigenvalue weighted by Crippen LogP contribution is -2.06. The lowest BCUT2D eigenvalue weighted by molar-refractivity contribution is 0.541. The summed E-state index contributed by atoms with van der Waals surface area (Å²) in [5.41, 5.74) is 6.03. The van der Waals surface area contributed by atoms with E-state index in [-0.39, 0.29) is 5.92 Å². The average Bonchev–Trinajstić information content (AvgIpc) is 2.09. The highest BCUT2D eigenvalue weighted by atomic mass is 79.9. The summed E-state index contributed by atoms with van der Waals surface area (Å²) >= 11 is 3.26. The van der Waals surface area contributed by atoms with Gasteiger partial charge in [-0.25, -0.2) is 4.98 Å². The van der Waals surface area contributed by atoms with Crippen LogP contribution in [0.3, 0.4) is 0 Å². The first kappa shape index (κ1) is 10.6. The highest BCUT2D eigenvalue weighted by Crippen LogP contribution is 2.23. The third kappa shape index (κ3) is 2.74. The van der Waals surface area contributed by atoms with Gasteiger partial charge < -0.3 is 5.73 Å². The fourth-order valence-corrected chi connectivity index (χ4v) is 1.54. The van der Waals surface area contributed by atoms with E-state index in [0.717, 1.165) is 10.9 Å². The summed E-state index contributed by atoms with van der Waals surface area (Å²) in [6.45, 7) is 2.51. The number of hydrogen-bond donors (Lipinski definition) is 1. The Balaban J connectivity index is 2.91. The first-order valence-electron chi connectivity index (χ1n) is 4.16. The molecule has 0 spiro atoms. The van der Waals surface area contributed by atoms with Crippen LogP contribution in [0.15, 0.2) is 16.7 Å². The molecule has 0 saturated heterocycles. The van der Waals surface area contributed by atoms with Gasteiger partial charge in [-0.15, -0.1) is 0 Å². The standard InChI is InChI=1S/C9H12BrFN2/c1-6(2-3-12)8-4-7(10)5-13-9(8)11/h4-6H,2-3,12H2,1H3. The lowest BCUT2D eigenvalue weighted by atomic mass is 9.99. The van der Waals surface area contributed by atoms with E-state index in [9.17, 15) is 4.39 Å². The van der Waals surface area contributed by atoms with E-state index in [4.69, 9.17) is 5.73 Å². The van der Waals surface area contributed by atoms with Crippen molar-refractivity contribution in [2.45, 2.75) is 19.3 Å². The van der Waals surface area contributed by atoms with E-state index < -0.39 is 5.95 Å². The van der Waals surface area contributed by atoms with E-state index >= 15 is 0 Å². The normalized spacial score (nSPS) is 12.9. The third-order valence-electron chi connectivity index (χ3n) is 1.96. The molecule has 2 N–H and O–H groups in total. The van der Waals surface area contributed by atoms with Crippen molar-refractivity contribution in [1.29, 1.82) is 0 Å². The van der Waals surface area contributed by atoms with Gasteiger partial charge in [-0.05, 0) is 40.9 Å². The van der Waals surface area contributed by atoms with Crippen LogP contribution in [0.1, 0.15) is 24.8 Å². The Morgan fingerprint density at radius 1 is 1.69 bits per heavy atom. The smallest absolute Gasteiger partial charge is 0.216 e. The minimum Gasteiger partial charge on any atom is -0.330 e. The molecule has 1 rings (SSSR count). The molecule has 0 aliphatic carbocycles. The second-order valence-corrected chi connectivity index (χ2v) is 3.93. The van der Waals surface area contributed by atoms with Crippen molar-refractivity contribution < 1.29 is 4.39 Å². The molecule has 0 radical (unpaired) electrons. The zero-order valence-electron chi connectivity index (χ0n) is 7.43. The monoisotopic (exact) mass is 246 g/mol. The maximum Gasteiger partial charge on any atom is 0.216 e. The predicted octanol–water partition coefficient (Wildman–Crippen LogP) is 2.44. The first-order valence-corrected chi connectivity index (χ1v) is 4.95. The van der Waals surface area contributed by atoms with Crippen molar-refractivity contribution in [2.24, 2.45) is 5.73 Å². The SMILES string of the molecule is CC(CCN)c1cc(Br)cnc1F. The molecule has 2 nitrogen and oxygen atoms in total. The first-order chi connectivity index (χ1) is 6.15. The minimum absolute atomic E-state index is 0.120. The van der Waals surface area contributed by atoms with Gasteiger partial charge in [0, 0.05) is 16.2 Å². The molecular formula is C9H12BrFN2. The number of nitrogens with zero attached hydrogens (tertiary/aromatic N) is 1. The molecule has 0 aliphatic rings. The van der Waals surface area contributed by atoms with Crippen molar-refractivity contribution in [3.05, 3.63) is 28.2 Å². The van der Waals surface area contributed by atoms with Crippen molar-refractivity contribution in [2.75, 3.05) is 6.54 Å². The molecule has 72 valence electrons. The summed E-state index contributed by atoms with van der Waals surface area (Å²) in [4.78, 5) is 3.63. The Bertz CT molecular complexity index is 291. The van der Waals surface area contributed by atoms with Crippen molar-refractivity contribution >= 4 is 15.9 Å². The molecule has 0 aromatic carbocycles. The summed E-state index contributed by atoms with van der Waals surface area (Å²) < 4.78 is 14.0. The number of pyridine rings is 1. The average molecular weight is 247 g/mol. The van der Waals surface area contributed by atoms with Gasteiger partial charge in [0.2, 0.25) is 5.95 Å². The summed E-state index contributed by atoms with van der Waals surface area (Å²) in [6, 6.07) is 1.75. The van der Waals surface area contributed by atoms with Crippen LogP contribution in [-0.4, -0.2) is 11.5 Å². The third-order valence-corrected chi connectivity index (χ3v) is 2.40. The number of halogens is 2. The van der Waals surface area contributed by atoms with E-state index in [0.29, 0.717) is 12.1 Å². The van der Waals surface area contributed by atoms with Gasteiger partial charge >= 0.3 is 0 Å². The fraction of sp³-hybridized carbons (Fsp3) is 0.444. The Morgan fingerprint density at radius 3 is 3.00 bits per heavy atom. The van der Waals surface area contributed by atoms with Crippen LogP contribution < -0.4 is 5.73 Å². The predicted molar refractivity (Wildman–Crippen MR) is 54.0 cm³/mol. The van der Waals surface area contributed by atoms with E-state index in [2.05, 4.69) is 20.9 Å². The van der Waals surface area contributed by atoms with Gasteiger partial charge in [0.1, 0.15) is 0 Å². The second-order valence-electron chi connectivity index (χ2n) is 3.01. The van der Waals surface area contributed by atoms with Gasteiger partial charge in [0.15, 0.2) is 0 Å². The molecule has 0 bridgehead atoms. The minimum atomic E-state index is -0.399. The van der Waals surface area contributed by atoms with Crippen LogP contribution in [0.25, 0.3) is 0 Å². The van der Waals surface area contributed by atoms with Gasteiger partial charge in [-0.3, -0.25) is 0 Å². The van der Waals surface area contributed by atoms with Crippen molar-refractivity contribution in [3.63, 3.8) is 0 Å². The largest absolute Gasteiger partial charge is 0.330 e. The molecule has 1 aromatic heterocycles. The zero-order chi connectivity index (χ0) is 9.84. The van der Waals surface area contributed by atoms with E-state index in [1.54, 1.807) is 6.07 Å². The summed E-state index contributed by atoms with van der Waals surface area (Å²) in [5, 5.41) is 0. The molecule has 0 aliphatic heterocycles. The van der Waals surface area contributed by atoms with Crippen LogP contribution in [0.4, 0.5) is 4.39 Å². The van der Waals surface area contributed by atoms with E-state index in [1.165, 1.54) is 6.20 Å². The number of hydrogen-bond acceptors (Lipinski definition) is 2. The number of aromatic nitrogens is 1. The molecule has 1 heterocycles. The van der Waals surface area contributed by atoms with Crippen LogP contribution in [0.2, 0.25) is 0 Å². The van der Waals surface area contributed by atoms with Crippen LogP contribution in [0.5, 0.6) is 0 Å². The van der Waals surface area contributed by atoms with Gasteiger partial charge in [-0.1, -0.05) is 6.92 Å². The quantitative estimate of drug-likeness (QED) is 0.833. The Kier molecular flexibility index (Phi) is 3.81. The van der Waals surface area contributed by atoms with Crippen LogP contribution in [-0.2, 0) is 0 Å². The maximum absolute atomic E-state index is 13.2. The number of nitrogens with two attached hydrogens (primary N) is 1. The number of rotatable bonds is 3. The van der Waals surface area contributed by atoms with Crippen LogP contribution in [0, 0.1) is 5.95 Å². The topological polar surface area (TPSA) is 38.9 Å². The Labute approximate surface area is 85.5 Å². The highest BCUT2D eigenvalue weighted by molar-refractivity contribution is 9.10. The molecular weight excluding hydrogens is 235 g/mol. The molecule has 1 atom stereocenters. The summed E-state index contributed by atoms with van der Waals surface area (Å²) in [6.07, 6.45) is 2.23. The van der Waals surface area contributed by atoms with Gasteiger partial charge in [0.25, 0.3) is 0 Å². The molecule has 13 heavy (non-hydrogen) atoms. The second kappa shape index (κ2) is 4.67. The molecule has 1 aromatic rings. The van der Waals surface area contributed by atoms with Crippen LogP contribution >= 0.6 is 15.9 Å². The molecule has 0 fully saturated rings. The highest BCUT2D eigenvalue weighted by Gasteiger charge is 2.11. The fourth-order valence-electron chi connectivity index (χ4n) is 1.19. The maximum atomic E-state index is 13.2. The van der Waals surface area contributed by atoms with Gasteiger partial charge in [0.05, 0.1) is 0 Å². The van der Waals surface area contributed by atoms with E-state index in [1.807, 2.05) is 6.92 Å². The molecule has 4 heteroatoms. The molecule has 0 saturated carbocycles. The molecule has 1 unspecified atom stereocenters. The summed E-state index contributed by atoms with van der Waals surface area (Å²) in [7, 11) is 0. The van der Waals surface area contributed by atoms with Gasteiger partial charge in [-0.2, -0.15) is 4.39 Å². The Hall–Kier alpha value is -0.480. The summed E-state index contributed by atoms with van der Waals surface area (Å²) in [5.74, 6) is -0.279. The van der Waals surface area contributed by atoms with Crippen molar-refractivity contribution in [3.8, 4) is 0 Å². The van der Waals surface area contributed by atoms with Crippen molar-refractivity contribution in [1.82, 2.24) is 4.98 Å². The zero-order valence-corrected chi connectivity index (χ0v) is 9.01.